The lowest BCUT2D eigenvalue weighted by molar-refractivity contribution is -0.387. The number of phenols is 1. The van der Waals surface area contributed by atoms with Gasteiger partial charge in [0.25, 0.3) is 5.69 Å². The van der Waals surface area contributed by atoms with Gasteiger partial charge in [-0.05, 0) is 11.8 Å². The second kappa shape index (κ2) is 4.17. The summed E-state index contributed by atoms with van der Waals surface area (Å²) in [5.41, 5.74) is -0.292. The number of rotatable bonds is 2. The highest BCUT2D eigenvalue weighted by atomic mass is 35.5. The van der Waals surface area contributed by atoms with E-state index in [-0.39, 0.29) is 21.4 Å². The number of benzene rings is 1. The maximum atomic E-state index is 10.5. The van der Waals surface area contributed by atoms with Gasteiger partial charge in [0, 0.05) is 12.1 Å². The van der Waals surface area contributed by atoms with Crippen LogP contribution in [-0.4, -0.2) is 10.0 Å². The van der Waals surface area contributed by atoms with Gasteiger partial charge in [0.2, 0.25) is 0 Å². The van der Waals surface area contributed by atoms with Crippen molar-refractivity contribution in [3.63, 3.8) is 0 Å². The summed E-state index contributed by atoms with van der Waals surface area (Å²) in [6.45, 7) is 0. The van der Waals surface area contributed by atoms with Crippen LogP contribution in [0.4, 0.5) is 5.69 Å². The van der Waals surface area contributed by atoms with Crippen molar-refractivity contribution in [1.29, 1.82) is 5.26 Å². The lowest BCUT2D eigenvalue weighted by Gasteiger charge is -2.00. The Kier molecular flexibility index (Phi) is 3.17. The number of nitrogens with zero attached hydrogens (tertiary/aromatic N) is 2. The van der Waals surface area contributed by atoms with Crippen LogP contribution in [0, 0.1) is 20.8 Å². The first-order valence-electron chi connectivity index (χ1n) is 3.29. The number of nitro groups is 1. The first-order chi connectivity index (χ1) is 6.56. The van der Waals surface area contributed by atoms with E-state index in [4.69, 9.17) is 22.0 Å². The zero-order chi connectivity index (χ0) is 10.7. The van der Waals surface area contributed by atoms with Gasteiger partial charge >= 0.3 is 0 Å². The fourth-order valence-electron chi connectivity index (χ4n) is 0.806. The molecule has 1 N–H and O–H groups in total. The van der Waals surface area contributed by atoms with Crippen molar-refractivity contribution in [2.75, 3.05) is 0 Å². The Morgan fingerprint density at radius 3 is 2.79 bits per heavy atom. The average molecular weight is 231 g/mol. The predicted octanol–water partition coefficient (Wildman–Crippen LogP) is 2.53. The molecule has 0 aliphatic heterocycles. The number of aromatic hydroxyl groups is 1. The van der Waals surface area contributed by atoms with Gasteiger partial charge in [0.05, 0.1) is 9.95 Å². The van der Waals surface area contributed by atoms with Gasteiger partial charge < -0.3 is 5.11 Å². The summed E-state index contributed by atoms with van der Waals surface area (Å²) >= 11 is 6.08. The van der Waals surface area contributed by atoms with Crippen molar-refractivity contribution in [2.45, 2.75) is 4.90 Å². The van der Waals surface area contributed by atoms with Crippen LogP contribution >= 0.6 is 23.4 Å². The summed E-state index contributed by atoms with van der Waals surface area (Å²) in [6, 6.07) is 2.10. The number of hydrogen-bond acceptors (Lipinski definition) is 5. The minimum absolute atomic E-state index is 0.0689. The molecule has 0 amide bonds. The molecule has 14 heavy (non-hydrogen) atoms. The molecule has 0 unspecified atom stereocenters. The van der Waals surface area contributed by atoms with E-state index < -0.39 is 4.92 Å². The maximum Gasteiger partial charge on any atom is 0.285 e. The van der Waals surface area contributed by atoms with Gasteiger partial charge in [0.1, 0.15) is 16.0 Å². The molecule has 0 bridgehead atoms. The predicted molar refractivity (Wildman–Crippen MR) is 51.2 cm³/mol. The van der Waals surface area contributed by atoms with E-state index in [9.17, 15) is 10.1 Å². The first kappa shape index (κ1) is 10.6. The normalized spacial score (nSPS) is 9.43. The SMILES string of the molecule is N#CSc1cc(O)c(Cl)cc1[N+](=O)[O-]. The van der Waals surface area contributed by atoms with E-state index in [0.29, 0.717) is 11.8 Å². The Morgan fingerprint density at radius 2 is 2.29 bits per heavy atom. The molecule has 0 saturated heterocycles. The first-order valence-corrected chi connectivity index (χ1v) is 4.48. The molecule has 0 fully saturated rings. The molecule has 1 aromatic carbocycles. The van der Waals surface area contributed by atoms with Gasteiger partial charge in [-0.25, -0.2) is 0 Å². The van der Waals surface area contributed by atoms with Crippen molar-refractivity contribution < 1.29 is 10.0 Å². The third kappa shape index (κ3) is 2.07. The van der Waals surface area contributed by atoms with Crippen LogP contribution in [0.3, 0.4) is 0 Å². The molecule has 0 heterocycles. The number of nitro benzene ring substituents is 1. The van der Waals surface area contributed by atoms with Gasteiger partial charge in [-0.3, -0.25) is 10.1 Å². The molecule has 0 radical (unpaired) electrons. The summed E-state index contributed by atoms with van der Waals surface area (Å²) in [5, 5.41) is 29.6. The summed E-state index contributed by atoms with van der Waals surface area (Å²) in [4.78, 5) is 9.91. The third-order valence-corrected chi connectivity index (χ3v) is 2.32. The lowest BCUT2D eigenvalue weighted by Crippen LogP contribution is -1.90. The molecule has 72 valence electrons. The van der Waals surface area contributed by atoms with Gasteiger partial charge in [-0.2, -0.15) is 5.26 Å². The lowest BCUT2D eigenvalue weighted by atomic mass is 10.3. The number of phenolic OH excluding ortho intramolecular Hbond substituents is 1. The zero-order valence-electron chi connectivity index (χ0n) is 6.60. The van der Waals surface area contributed by atoms with Crippen LogP contribution in [0.5, 0.6) is 5.75 Å². The number of hydrogen-bond donors (Lipinski definition) is 1. The van der Waals surface area contributed by atoms with Crippen molar-refractivity contribution in [3.8, 4) is 11.2 Å². The summed E-state index contributed by atoms with van der Waals surface area (Å²) in [7, 11) is 0. The maximum absolute atomic E-state index is 10.5. The number of thioether (sulfide) groups is 1. The number of thiocyanates is 1. The minimum atomic E-state index is -0.662. The highest BCUT2D eigenvalue weighted by Gasteiger charge is 2.17. The standard InChI is InChI=1S/C7H3ClN2O3S/c8-4-1-5(10(12)13)7(14-3-9)2-6(4)11/h1-2,11H. The van der Waals surface area contributed by atoms with Gasteiger partial charge in [-0.1, -0.05) is 11.6 Å². The van der Waals surface area contributed by atoms with Crippen LogP contribution in [0.2, 0.25) is 5.02 Å². The molecule has 1 aromatic rings. The van der Waals surface area contributed by atoms with Gasteiger partial charge in [0.15, 0.2) is 0 Å². The summed E-state index contributed by atoms with van der Waals surface area (Å²) in [6.07, 6.45) is 0. The molecule has 0 aliphatic rings. The molecule has 0 atom stereocenters. The van der Waals surface area contributed by atoms with Crippen LogP contribution in [0.1, 0.15) is 0 Å². The number of halogens is 1. The Bertz CT molecular complexity index is 430. The highest BCUT2D eigenvalue weighted by Crippen LogP contribution is 2.36. The van der Waals surface area contributed by atoms with E-state index in [0.717, 1.165) is 12.1 Å². The van der Waals surface area contributed by atoms with E-state index in [1.165, 1.54) is 0 Å². The largest absolute Gasteiger partial charge is 0.506 e. The molecular formula is C7H3ClN2O3S. The van der Waals surface area contributed by atoms with Crippen LogP contribution in [0.25, 0.3) is 0 Å². The molecule has 0 saturated carbocycles. The fraction of sp³-hybridized carbons (Fsp3) is 0. The van der Waals surface area contributed by atoms with Crippen LogP contribution in [-0.2, 0) is 0 Å². The van der Waals surface area contributed by atoms with Crippen molar-refractivity contribution in [3.05, 3.63) is 27.3 Å². The summed E-state index contributed by atoms with van der Waals surface area (Å²) < 4.78 is 0. The Morgan fingerprint density at radius 1 is 1.64 bits per heavy atom. The van der Waals surface area contributed by atoms with E-state index in [1.54, 1.807) is 5.40 Å². The Hall–Kier alpha value is -1.45. The molecule has 1 rings (SSSR count). The molecule has 0 spiro atoms. The van der Waals surface area contributed by atoms with E-state index in [1.807, 2.05) is 0 Å². The Balaban J connectivity index is 3.32. The molecule has 0 aromatic heterocycles. The molecule has 5 nitrogen and oxygen atoms in total. The number of nitriles is 1. The quantitative estimate of drug-likeness (QED) is 0.365. The van der Waals surface area contributed by atoms with Crippen LogP contribution in [0.15, 0.2) is 17.0 Å². The minimum Gasteiger partial charge on any atom is -0.506 e. The van der Waals surface area contributed by atoms with Crippen molar-refractivity contribution in [2.24, 2.45) is 0 Å². The van der Waals surface area contributed by atoms with Gasteiger partial charge in [-0.15, -0.1) is 0 Å². The topological polar surface area (TPSA) is 87.2 Å². The zero-order valence-corrected chi connectivity index (χ0v) is 8.17. The van der Waals surface area contributed by atoms with Crippen LogP contribution < -0.4 is 0 Å². The molecular weight excluding hydrogens is 228 g/mol. The second-order valence-corrected chi connectivity index (χ2v) is 3.46. The fourth-order valence-corrected chi connectivity index (χ4v) is 1.47. The second-order valence-electron chi connectivity index (χ2n) is 2.22. The van der Waals surface area contributed by atoms with E-state index >= 15 is 0 Å². The smallest absolute Gasteiger partial charge is 0.285 e. The molecule has 7 heteroatoms. The molecule has 0 aliphatic carbocycles. The summed E-state index contributed by atoms with van der Waals surface area (Å²) in [5.74, 6) is -0.282. The van der Waals surface area contributed by atoms with Crippen molar-refractivity contribution >= 4 is 29.1 Å². The third-order valence-electron chi connectivity index (χ3n) is 1.38. The van der Waals surface area contributed by atoms with E-state index in [2.05, 4.69) is 0 Å². The Labute approximate surface area is 88.1 Å². The highest BCUT2D eigenvalue weighted by molar-refractivity contribution is 8.03. The average Bonchev–Trinajstić information content (AvgIpc) is 2.11. The monoisotopic (exact) mass is 230 g/mol. The van der Waals surface area contributed by atoms with Crippen molar-refractivity contribution in [1.82, 2.24) is 0 Å².